The van der Waals surface area contributed by atoms with Gasteiger partial charge in [-0.3, -0.25) is 9.59 Å². The van der Waals surface area contributed by atoms with Gasteiger partial charge in [0, 0.05) is 31.1 Å². The van der Waals surface area contributed by atoms with Crippen LogP contribution in [-0.4, -0.2) is 32.0 Å². The summed E-state index contributed by atoms with van der Waals surface area (Å²) in [5, 5.41) is 2.81. The summed E-state index contributed by atoms with van der Waals surface area (Å²) >= 11 is 0. The molecule has 1 aliphatic heterocycles. The molecule has 1 unspecified atom stereocenters. The van der Waals surface area contributed by atoms with Crippen molar-refractivity contribution in [3.63, 3.8) is 0 Å². The zero-order valence-electron chi connectivity index (χ0n) is 12.8. The molecule has 3 rings (SSSR count). The van der Waals surface area contributed by atoms with Gasteiger partial charge in [0.15, 0.2) is 5.76 Å². The van der Waals surface area contributed by atoms with E-state index in [1.54, 1.807) is 24.1 Å². The van der Waals surface area contributed by atoms with Gasteiger partial charge in [0.05, 0.1) is 13.4 Å². The Balaban J connectivity index is 1.57. The Kier molecular flexibility index (Phi) is 4.32. The van der Waals surface area contributed by atoms with Crippen molar-refractivity contribution in [1.29, 1.82) is 0 Å². The first-order chi connectivity index (χ1) is 11.2. The third kappa shape index (κ3) is 3.36. The normalized spacial score (nSPS) is 17.3. The Morgan fingerprint density at radius 1 is 1.35 bits per heavy atom. The van der Waals surface area contributed by atoms with E-state index in [2.05, 4.69) is 5.32 Å². The lowest BCUT2D eigenvalue weighted by molar-refractivity contribution is -0.117. The number of carbonyl (C=O) groups is 2. The topological polar surface area (TPSA) is 71.8 Å². The number of carbonyl (C=O) groups excluding carboxylic acids is 2. The Hall–Kier alpha value is -2.76. The number of benzene rings is 1. The largest absolute Gasteiger partial charge is 0.497 e. The number of ether oxygens (including phenoxy) is 1. The van der Waals surface area contributed by atoms with Crippen LogP contribution in [0.25, 0.3) is 0 Å². The third-order valence-electron chi connectivity index (χ3n) is 3.89. The molecule has 1 atom stereocenters. The summed E-state index contributed by atoms with van der Waals surface area (Å²) in [5.74, 6) is 0.922. The minimum Gasteiger partial charge on any atom is -0.497 e. The summed E-state index contributed by atoms with van der Waals surface area (Å²) < 4.78 is 10.2. The second kappa shape index (κ2) is 6.56. The molecule has 2 amide bonds. The van der Waals surface area contributed by atoms with E-state index < -0.39 is 0 Å². The van der Waals surface area contributed by atoms with Crippen LogP contribution in [0.3, 0.4) is 0 Å². The maximum absolute atomic E-state index is 12.2. The Labute approximate surface area is 134 Å². The number of furan rings is 1. The van der Waals surface area contributed by atoms with Crippen molar-refractivity contribution in [2.75, 3.05) is 25.1 Å². The zero-order valence-corrected chi connectivity index (χ0v) is 12.8. The molecule has 23 heavy (non-hydrogen) atoms. The predicted octanol–water partition coefficient (Wildman–Crippen LogP) is 2.07. The van der Waals surface area contributed by atoms with Crippen LogP contribution >= 0.6 is 0 Å². The summed E-state index contributed by atoms with van der Waals surface area (Å²) in [6.07, 6.45) is 1.88. The molecule has 120 valence electrons. The van der Waals surface area contributed by atoms with Crippen molar-refractivity contribution >= 4 is 17.5 Å². The molecule has 0 aliphatic carbocycles. The molecule has 0 bridgehead atoms. The monoisotopic (exact) mass is 314 g/mol. The highest BCUT2D eigenvalue weighted by Crippen LogP contribution is 2.26. The third-order valence-corrected chi connectivity index (χ3v) is 3.89. The van der Waals surface area contributed by atoms with Crippen LogP contribution in [0, 0.1) is 5.92 Å². The van der Waals surface area contributed by atoms with Gasteiger partial charge in [0.2, 0.25) is 5.91 Å². The minimum atomic E-state index is -0.259. The molecule has 1 saturated heterocycles. The molecule has 1 aliphatic rings. The molecular formula is C17H18N2O4. The number of hydrogen-bond acceptors (Lipinski definition) is 4. The number of anilines is 1. The minimum absolute atomic E-state index is 0.0624. The number of methoxy groups -OCH3 is 1. The molecule has 0 radical (unpaired) electrons. The van der Waals surface area contributed by atoms with Crippen molar-refractivity contribution in [1.82, 2.24) is 5.32 Å². The van der Waals surface area contributed by atoms with Crippen LogP contribution in [0.15, 0.2) is 47.1 Å². The average Bonchev–Trinajstić information content (AvgIpc) is 3.22. The van der Waals surface area contributed by atoms with Crippen molar-refractivity contribution in [3.05, 3.63) is 48.4 Å². The maximum atomic E-state index is 12.2. The summed E-state index contributed by atoms with van der Waals surface area (Å²) in [6.45, 7) is 1.03. The van der Waals surface area contributed by atoms with E-state index in [9.17, 15) is 9.59 Å². The molecule has 2 aromatic rings. The summed E-state index contributed by atoms with van der Waals surface area (Å²) in [4.78, 5) is 25.8. The molecule has 6 nitrogen and oxygen atoms in total. The van der Waals surface area contributed by atoms with Gasteiger partial charge in [0.1, 0.15) is 5.75 Å². The van der Waals surface area contributed by atoms with Gasteiger partial charge < -0.3 is 19.4 Å². The van der Waals surface area contributed by atoms with Crippen LogP contribution in [-0.2, 0) is 4.79 Å². The summed E-state index contributed by atoms with van der Waals surface area (Å²) in [7, 11) is 1.60. The van der Waals surface area contributed by atoms with E-state index in [4.69, 9.17) is 9.15 Å². The highest BCUT2D eigenvalue weighted by atomic mass is 16.5. The molecule has 6 heteroatoms. The lowest BCUT2D eigenvalue weighted by Crippen LogP contribution is -2.31. The first kappa shape index (κ1) is 15.1. The summed E-state index contributed by atoms with van der Waals surface area (Å²) in [5.41, 5.74) is 0.843. The number of rotatable bonds is 5. The molecule has 1 fully saturated rings. The molecule has 1 aromatic carbocycles. The second-order valence-corrected chi connectivity index (χ2v) is 5.46. The first-order valence-electron chi connectivity index (χ1n) is 7.43. The van der Waals surface area contributed by atoms with Crippen LogP contribution in [0.1, 0.15) is 17.0 Å². The van der Waals surface area contributed by atoms with Gasteiger partial charge in [0.25, 0.3) is 5.91 Å². The molecular weight excluding hydrogens is 296 g/mol. The SMILES string of the molecule is COc1ccc(N2CC(CNC(=O)c3ccco3)CC2=O)cc1. The van der Waals surface area contributed by atoms with Crippen molar-refractivity contribution in [3.8, 4) is 5.75 Å². The van der Waals surface area contributed by atoms with E-state index in [1.807, 2.05) is 24.3 Å². The first-order valence-corrected chi connectivity index (χ1v) is 7.43. The second-order valence-electron chi connectivity index (χ2n) is 5.46. The molecule has 2 heterocycles. The van der Waals surface area contributed by atoms with Crippen molar-refractivity contribution in [2.24, 2.45) is 5.92 Å². The standard InChI is InChI=1S/C17H18N2O4/c1-22-14-6-4-13(5-7-14)19-11-12(9-16(19)20)10-18-17(21)15-3-2-8-23-15/h2-8,12H,9-11H2,1H3,(H,18,21). The fourth-order valence-electron chi connectivity index (χ4n) is 2.66. The lowest BCUT2D eigenvalue weighted by atomic mass is 10.1. The maximum Gasteiger partial charge on any atom is 0.286 e. The van der Waals surface area contributed by atoms with Gasteiger partial charge in [-0.05, 0) is 36.4 Å². The predicted molar refractivity (Wildman–Crippen MR) is 84.5 cm³/mol. The van der Waals surface area contributed by atoms with E-state index in [0.717, 1.165) is 11.4 Å². The highest BCUT2D eigenvalue weighted by molar-refractivity contribution is 5.96. The van der Waals surface area contributed by atoms with Crippen LogP contribution in [0.5, 0.6) is 5.75 Å². The Morgan fingerprint density at radius 2 is 2.13 bits per heavy atom. The van der Waals surface area contributed by atoms with Gasteiger partial charge in [-0.15, -0.1) is 0 Å². The number of nitrogens with zero attached hydrogens (tertiary/aromatic N) is 1. The quantitative estimate of drug-likeness (QED) is 0.917. The van der Waals surface area contributed by atoms with Gasteiger partial charge in [-0.2, -0.15) is 0 Å². The average molecular weight is 314 g/mol. The molecule has 0 spiro atoms. The fourth-order valence-corrected chi connectivity index (χ4v) is 2.66. The van der Waals surface area contributed by atoms with Crippen LogP contribution in [0.2, 0.25) is 0 Å². The number of hydrogen-bond donors (Lipinski definition) is 1. The van der Waals surface area contributed by atoms with E-state index in [-0.39, 0.29) is 23.5 Å². The summed E-state index contributed by atoms with van der Waals surface area (Å²) in [6, 6.07) is 10.7. The highest BCUT2D eigenvalue weighted by Gasteiger charge is 2.30. The fraction of sp³-hybridized carbons (Fsp3) is 0.294. The van der Waals surface area contributed by atoms with E-state index in [1.165, 1.54) is 6.26 Å². The molecule has 1 aromatic heterocycles. The number of nitrogens with one attached hydrogen (secondary N) is 1. The van der Waals surface area contributed by atoms with Crippen molar-refractivity contribution < 1.29 is 18.7 Å². The van der Waals surface area contributed by atoms with Crippen molar-refractivity contribution in [2.45, 2.75) is 6.42 Å². The Bertz CT molecular complexity index is 679. The lowest BCUT2D eigenvalue weighted by Gasteiger charge is -2.17. The van der Waals surface area contributed by atoms with E-state index in [0.29, 0.717) is 19.5 Å². The van der Waals surface area contributed by atoms with Gasteiger partial charge in [-0.1, -0.05) is 0 Å². The smallest absolute Gasteiger partial charge is 0.286 e. The van der Waals surface area contributed by atoms with Gasteiger partial charge in [-0.25, -0.2) is 0 Å². The molecule has 0 saturated carbocycles. The van der Waals surface area contributed by atoms with Crippen LogP contribution in [0.4, 0.5) is 5.69 Å². The number of amides is 2. The van der Waals surface area contributed by atoms with Gasteiger partial charge >= 0.3 is 0 Å². The van der Waals surface area contributed by atoms with Crippen LogP contribution < -0.4 is 15.0 Å². The zero-order chi connectivity index (χ0) is 16.2. The van der Waals surface area contributed by atoms with E-state index >= 15 is 0 Å². The molecule has 1 N–H and O–H groups in total. The Morgan fingerprint density at radius 3 is 2.78 bits per heavy atom.